The van der Waals surface area contributed by atoms with Gasteiger partial charge in [-0.05, 0) is 266 Å². The largest absolute Gasteiger partial charge is 0.309 e. The molecule has 0 aliphatic heterocycles. The number of benzene rings is 22. The zero-order valence-corrected chi connectivity index (χ0v) is 87.7. The van der Waals surface area contributed by atoms with Crippen molar-refractivity contribution in [1.29, 1.82) is 0 Å². The summed E-state index contributed by atoms with van der Waals surface area (Å²) < 4.78 is 10.0. The summed E-state index contributed by atoms with van der Waals surface area (Å²) in [7, 11) is -6.29. The van der Waals surface area contributed by atoms with Gasteiger partial charge in [-0.25, -0.2) is 0 Å². The molecule has 4 nitrogen and oxygen atoms in total. The van der Waals surface area contributed by atoms with Crippen molar-refractivity contribution in [3.8, 4) is 112 Å². The molecule has 692 valence electrons. The van der Waals surface area contributed by atoms with Crippen LogP contribution < -0.4 is 20.7 Å². The molecule has 144 heavy (non-hydrogen) atoms. The van der Waals surface area contributed by atoms with Crippen LogP contribution in [-0.2, 0) is 0 Å². The quantitative estimate of drug-likeness (QED) is 0.0679. The van der Waals surface area contributed by atoms with E-state index in [0.29, 0.717) is 0 Å². The average Bonchev–Trinajstić information content (AvgIpc) is 1.54. The highest BCUT2D eigenvalue weighted by molar-refractivity contribution is 6.90. The molecule has 0 fully saturated rings. The minimum absolute atomic E-state index is 1.11. The molecule has 0 unspecified atom stereocenters. The van der Waals surface area contributed by atoms with Gasteiger partial charge in [-0.3, -0.25) is 0 Å². The summed E-state index contributed by atoms with van der Waals surface area (Å²) in [6.45, 7) is 29.5. The number of para-hydroxylation sites is 4. The molecule has 0 radical (unpaired) electrons. The van der Waals surface area contributed by atoms with Gasteiger partial charge in [-0.2, -0.15) is 0 Å². The number of fused-ring (bicyclic) bond motifs is 16. The van der Waals surface area contributed by atoms with E-state index in [2.05, 4.69) is 558 Å². The van der Waals surface area contributed by atoms with E-state index in [4.69, 9.17) is 0 Å². The third-order valence-corrected chi connectivity index (χ3v) is 38.5. The van der Waals surface area contributed by atoms with Gasteiger partial charge in [0, 0.05) is 65.8 Å². The average molecular weight is 1910 g/mol. The van der Waals surface area contributed by atoms with Crippen LogP contribution >= 0.6 is 0 Å². The fourth-order valence-electron chi connectivity index (χ4n) is 23.0. The molecule has 0 amide bonds. The van der Waals surface area contributed by atoms with E-state index in [1.807, 2.05) is 0 Å². The van der Waals surface area contributed by atoms with Crippen LogP contribution in [0, 0.1) is 0 Å². The molecule has 0 bridgehead atoms. The first kappa shape index (κ1) is 89.3. The maximum absolute atomic E-state index is 2.54. The first-order chi connectivity index (χ1) is 69.9. The molecule has 0 saturated heterocycles. The second-order valence-electron chi connectivity index (χ2n) is 43.6. The number of hydrogen-bond donors (Lipinski definition) is 0. The predicted octanol–water partition coefficient (Wildman–Crippen LogP) is 35.9. The number of nitrogens with zero attached hydrogens (tertiary/aromatic N) is 4. The predicted molar refractivity (Wildman–Crippen MR) is 636 cm³/mol. The van der Waals surface area contributed by atoms with Gasteiger partial charge in [-0.15, -0.1) is 0 Å². The van der Waals surface area contributed by atoms with E-state index in [1.54, 1.807) is 0 Å². The van der Waals surface area contributed by atoms with Crippen molar-refractivity contribution in [1.82, 2.24) is 18.3 Å². The lowest BCUT2D eigenvalue weighted by Gasteiger charge is -2.22. The van der Waals surface area contributed by atoms with Crippen molar-refractivity contribution in [2.24, 2.45) is 0 Å². The Bertz CT molecular complexity index is 8720. The molecular weight excluding hydrogens is 1800 g/mol. The van der Waals surface area contributed by atoms with Crippen LogP contribution in [0.1, 0.15) is 0 Å². The molecule has 26 aromatic rings. The fourth-order valence-corrected chi connectivity index (χ4v) is 27.7. The Morgan fingerprint density at radius 3 is 0.514 bits per heavy atom. The lowest BCUT2D eigenvalue weighted by atomic mass is 9.83. The molecule has 0 spiro atoms. The second kappa shape index (κ2) is 35.0. The van der Waals surface area contributed by atoms with Crippen molar-refractivity contribution in [2.75, 3.05) is 0 Å². The van der Waals surface area contributed by atoms with Gasteiger partial charge < -0.3 is 18.3 Å². The highest BCUT2D eigenvalue weighted by Crippen LogP contribution is 2.52. The molecule has 0 atom stereocenters. The molecule has 0 saturated carbocycles. The summed E-state index contributed by atoms with van der Waals surface area (Å²) in [5.74, 6) is 0. The van der Waals surface area contributed by atoms with Crippen LogP contribution in [0.4, 0.5) is 0 Å². The second-order valence-corrected chi connectivity index (χ2v) is 63.9. The van der Waals surface area contributed by atoms with E-state index in [9.17, 15) is 0 Å². The highest BCUT2D eigenvalue weighted by Gasteiger charge is 2.30. The number of hydrogen-bond acceptors (Lipinski definition) is 0. The van der Waals surface area contributed by atoms with Crippen LogP contribution in [0.25, 0.3) is 242 Å². The lowest BCUT2D eigenvalue weighted by molar-refractivity contribution is 1.18. The van der Waals surface area contributed by atoms with Gasteiger partial charge in [-0.1, -0.05) is 427 Å². The summed E-state index contributed by atoms with van der Waals surface area (Å²) in [5.41, 5.74) is 33.5. The molecular formula is C136H112N4Si4. The zero-order valence-electron chi connectivity index (χ0n) is 83.7. The Balaban J connectivity index is 0.000000152. The monoisotopic (exact) mass is 1910 g/mol. The summed E-state index contributed by atoms with van der Waals surface area (Å²) in [4.78, 5) is 0. The fraction of sp³-hybridized carbons (Fsp3) is 0.0882. The third kappa shape index (κ3) is 15.5. The first-order valence-electron chi connectivity index (χ1n) is 50.8. The topological polar surface area (TPSA) is 19.7 Å². The van der Waals surface area contributed by atoms with Gasteiger partial charge in [0.05, 0.1) is 76.4 Å². The molecule has 4 heterocycles. The summed E-state index contributed by atoms with van der Waals surface area (Å²) in [6, 6.07) is 174. The highest BCUT2D eigenvalue weighted by atomic mass is 28.3. The van der Waals surface area contributed by atoms with Crippen LogP contribution in [0.15, 0.2) is 461 Å². The van der Waals surface area contributed by atoms with Gasteiger partial charge >= 0.3 is 0 Å². The molecule has 4 aromatic heterocycles. The zero-order chi connectivity index (χ0) is 97.8. The summed E-state index contributed by atoms with van der Waals surface area (Å²) in [5, 5.41) is 26.2. The van der Waals surface area contributed by atoms with Gasteiger partial charge in [0.25, 0.3) is 0 Å². The van der Waals surface area contributed by atoms with E-state index < -0.39 is 32.3 Å². The Morgan fingerprint density at radius 1 is 0.118 bits per heavy atom. The Kier molecular flexibility index (Phi) is 21.7. The summed E-state index contributed by atoms with van der Waals surface area (Å²) in [6.07, 6.45) is 0. The molecule has 0 aliphatic carbocycles. The first-order valence-corrected chi connectivity index (χ1v) is 64.8. The minimum atomic E-state index is -1.57. The van der Waals surface area contributed by atoms with E-state index in [-0.39, 0.29) is 0 Å². The standard InChI is InChI=1S/C74H48N2.C62H64N2Si4/c1-5-21-49(22-6-1)53-41-54(50-23-7-2-8-24-50)44-57(43-53)73-65-39-37-60(76-71-35-19-15-31-63(71)64-32-16-20-36-72(64)76)48-68(65)74(58-45-55(51-25-9-3-10-26-51)42-56(46-58)52-27-11-4-12-28-52)66-40-38-59(47-67(66)73)75-69-33-17-13-29-61(69)62-30-14-18-34-70(62)75;1-65(2,3)45-25-31-57-51(37-45)52-38-46(66(4,5)6)26-32-58(52)63(57)43-23-29-49-55(35-43)61(41-19-15-13-16-20-41)50-30-24-44(36-56(50)62(49)42-21-17-14-18-22-42)64-59-33-27-47(67(7,8)9)39-53(59)54-40-48(68(10,11)12)28-34-60(54)64/h1-48H;13-40H,1-12H3. The van der Waals surface area contributed by atoms with Crippen molar-refractivity contribution in [3.63, 3.8) is 0 Å². The maximum atomic E-state index is 2.54. The minimum Gasteiger partial charge on any atom is -0.309 e. The van der Waals surface area contributed by atoms with E-state index in [0.717, 1.165) is 22.5 Å². The maximum Gasteiger partial charge on any atom is 0.0776 e. The molecule has 22 aromatic carbocycles. The van der Waals surface area contributed by atoms with Crippen LogP contribution in [0.3, 0.4) is 0 Å². The van der Waals surface area contributed by atoms with Crippen LogP contribution in [0.2, 0.25) is 78.6 Å². The Hall–Kier alpha value is -16.1. The van der Waals surface area contributed by atoms with Crippen LogP contribution in [-0.4, -0.2) is 50.6 Å². The van der Waals surface area contributed by atoms with E-state index >= 15 is 0 Å². The molecule has 26 rings (SSSR count). The Labute approximate surface area is 846 Å². The molecule has 0 aliphatic rings. The molecule has 0 N–H and O–H groups in total. The third-order valence-electron chi connectivity index (χ3n) is 30.4. The van der Waals surface area contributed by atoms with Gasteiger partial charge in [0.1, 0.15) is 0 Å². The SMILES string of the molecule is C[Si](C)(C)c1ccc2c(c1)c1cc([Si](C)(C)C)ccc1n2-c1ccc2c(-c3ccccc3)c3cc(-n4c5ccc([Si](C)(C)C)cc5c5cc([Si](C)(C)C)ccc54)ccc3c(-c3ccccc3)c2c1.c1ccc(-c2cc(-c3ccccc3)cc(-c3c4ccc(-n5c6ccccc6c6ccccc65)cc4c(-c4cc(-c5ccccc5)cc(-c5ccccc5)c4)c4ccc(-n5c6ccccc6c6ccccc65)cc34)c2)cc1. The van der Waals surface area contributed by atoms with Crippen molar-refractivity contribution < 1.29 is 0 Å². The lowest BCUT2D eigenvalue weighted by Crippen LogP contribution is -2.37. The van der Waals surface area contributed by atoms with Gasteiger partial charge in [0.2, 0.25) is 0 Å². The number of aromatic nitrogens is 4. The van der Waals surface area contributed by atoms with E-state index in [1.165, 1.54) is 240 Å². The van der Waals surface area contributed by atoms with Crippen molar-refractivity contribution >= 4 is 183 Å². The van der Waals surface area contributed by atoms with Crippen LogP contribution in [0.5, 0.6) is 0 Å². The normalized spacial score (nSPS) is 12.3. The van der Waals surface area contributed by atoms with Gasteiger partial charge in [0.15, 0.2) is 0 Å². The smallest absolute Gasteiger partial charge is 0.0776 e. The van der Waals surface area contributed by atoms with Crippen molar-refractivity contribution in [3.05, 3.63) is 461 Å². The molecule has 8 heteroatoms. The van der Waals surface area contributed by atoms with Crippen molar-refractivity contribution in [2.45, 2.75) is 78.6 Å². The summed E-state index contributed by atoms with van der Waals surface area (Å²) >= 11 is 0. The Morgan fingerprint density at radius 2 is 0.299 bits per heavy atom. The number of rotatable bonds is 16.